The fourth-order valence-corrected chi connectivity index (χ4v) is 4.74. The van der Waals surface area contributed by atoms with Gasteiger partial charge in [-0.3, -0.25) is 14.2 Å². The normalized spacial score (nSPS) is 11.0. The Balaban J connectivity index is 1.67. The molecule has 0 bridgehead atoms. The molecule has 0 aliphatic heterocycles. The van der Waals surface area contributed by atoms with Gasteiger partial charge in [-0.25, -0.2) is 4.98 Å². The maximum Gasteiger partial charge on any atom is 0.266 e. The number of carbonyl (C=O) groups is 1. The summed E-state index contributed by atoms with van der Waals surface area (Å²) in [6, 6.07) is 17.2. The van der Waals surface area contributed by atoms with Crippen LogP contribution in [-0.4, -0.2) is 21.2 Å². The first kappa shape index (κ1) is 20.4. The fraction of sp³-hybridized carbons (Fsp3) is 0.174. The predicted octanol–water partition coefficient (Wildman–Crippen LogP) is 4.47. The van der Waals surface area contributed by atoms with E-state index in [4.69, 9.17) is 4.98 Å². The summed E-state index contributed by atoms with van der Waals surface area (Å²) in [4.78, 5) is 31.5. The monoisotopic (exact) mass is 435 g/mol. The summed E-state index contributed by atoms with van der Waals surface area (Å²) in [6.45, 7) is 4.50. The molecule has 0 saturated carbocycles. The average molecular weight is 436 g/mol. The summed E-state index contributed by atoms with van der Waals surface area (Å²) in [5, 5.41) is 5.97. The second-order valence-corrected chi connectivity index (χ2v) is 8.96. The third kappa shape index (κ3) is 4.32. The van der Waals surface area contributed by atoms with E-state index in [-0.39, 0.29) is 17.2 Å². The lowest BCUT2D eigenvalue weighted by atomic mass is 10.1. The smallest absolute Gasteiger partial charge is 0.266 e. The fourth-order valence-electron chi connectivity index (χ4n) is 3.26. The third-order valence-corrected chi connectivity index (χ3v) is 6.53. The highest BCUT2D eigenvalue weighted by Gasteiger charge is 2.16. The molecule has 0 radical (unpaired) electrons. The summed E-state index contributed by atoms with van der Waals surface area (Å²) in [7, 11) is 0. The second kappa shape index (κ2) is 8.85. The van der Waals surface area contributed by atoms with Gasteiger partial charge < -0.3 is 5.32 Å². The van der Waals surface area contributed by atoms with Crippen molar-refractivity contribution in [1.82, 2.24) is 14.9 Å². The summed E-state index contributed by atoms with van der Waals surface area (Å²) in [5.41, 5.74) is 3.39. The molecule has 4 rings (SSSR count). The van der Waals surface area contributed by atoms with Gasteiger partial charge >= 0.3 is 0 Å². The molecule has 2 aromatic carbocycles. The zero-order valence-corrected chi connectivity index (χ0v) is 18.3. The van der Waals surface area contributed by atoms with Gasteiger partial charge in [0.2, 0.25) is 5.91 Å². The van der Waals surface area contributed by atoms with Crippen LogP contribution in [0.5, 0.6) is 0 Å². The van der Waals surface area contributed by atoms with E-state index in [9.17, 15) is 9.59 Å². The van der Waals surface area contributed by atoms with Crippen molar-refractivity contribution in [3.8, 4) is 5.69 Å². The van der Waals surface area contributed by atoms with Crippen LogP contribution in [0.4, 0.5) is 0 Å². The number of carbonyl (C=O) groups excluding carboxylic acids is 1. The van der Waals surface area contributed by atoms with E-state index >= 15 is 0 Å². The van der Waals surface area contributed by atoms with Crippen molar-refractivity contribution in [3.63, 3.8) is 0 Å². The molecule has 2 aromatic heterocycles. The summed E-state index contributed by atoms with van der Waals surface area (Å²) >= 11 is 2.88. The highest BCUT2D eigenvalue weighted by molar-refractivity contribution is 7.99. The summed E-state index contributed by atoms with van der Waals surface area (Å²) in [6.07, 6.45) is 0. The van der Waals surface area contributed by atoms with Gasteiger partial charge in [-0.2, -0.15) is 0 Å². The van der Waals surface area contributed by atoms with Gasteiger partial charge in [0.25, 0.3) is 5.56 Å². The molecule has 0 aliphatic rings. The first-order chi connectivity index (χ1) is 14.5. The molecule has 1 amide bonds. The molecule has 4 aromatic rings. The lowest BCUT2D eigenvalue weighted by molar-refractivity contribution is -0.118. The van der Waals surface area contributed by atoms with Gasteiger partial charge in [-0.1, -0.05) is 47.7 Å². The van der Waals surface area contributed by atoms with Gasteiger partial charge in [0.05, 0.1) is 28.9 Å². The number of nitrogens with one attached hydrogen (secondary N) is 1. The van der Waals surface area contributed by atoms with Gasteiger partial charge in [-0.15, -0.1) is 11.3 Å². The van der Waals surface area contributed by atoms with Crippen LogP contribution in [0.1, 0.15) is 16.0 Å². The van der Waals surface area contributed by atoms with Crippen LogP contribution >= 0.6 is 23.1 Å². The largest absolute Gasteiger partial charge is 0.350 e. The van der Waals surface area contributed by atoms with E-state index in [1.807, 2.05) is 67.8 Å². The highest BCUT2D eigenvalue weighted by Crippen LogP contribution is 2.23. The minimum absolute atomic E-state index is 0.0945. The van der Waals surface area contributed by atoms with Crippen molar-refractivity contribution in [2.45, 2.75) is 25.5 Å². The minimum atomic E-state index is -0.131. The number of thiophene rings is 1. The van der Waals surface area contributed by atoms with Crippen LogP contribution in [0, 0.1) is 13.8 Å². The van der Waals surface area contributed by atoms with Crippen molar-refractivity contribution in [2.24, 2.45) is 0 Å². The zero-order chi connectivity index (χ0) is 21.1. The van der Waals surface area contributed by atoms with E-state index in [1.165, 1.54) is 11.8 Å². The average Bonchev–Trinajstić information content (AvgIpc) is 3.25. The number of hydrogen-bond donors (Lipinski definition) is 1. The number of nitrogens with zero attached hydrogens (tertiary/aromatic N) is 2. The number of aryl methyl sites for hydroxylation is 2. The van der Waals surface area contributed by atoms with E-state index < -0.39 is 0 Å². The number of fused-ring (bicyclic) bond motifs is 1. The van der Waals surface area contributed by atoms with Gasteiger partial charge in [0.1, 0.15) is 0 Å². The van der Waals surface area contributed by atoms with E-state index in [2.05, 4.69) is 5.32 Å². The number of rotatable bonds is 6. The lowest BCUT2D eigenvalue weighted by Crippen LogP contribution is -2.26. The second-order valence-electron chi connectivity index (χ2n) is 6.99. The predicted molar refractivity (Wildman–Crippen MR) is 124 cm³/mol. The molecule has 1 N–H and O–H groups in total. The molecule has 7 heteroatoms. The van der Waals surface area contributed by atoms with Crippen LogP contribution in [0.25, 0.3) is 16.6 Å². The molecular formula is C23H21N3O2S2. The van der Waals surface area contributed by atoms with Gasteiger partial charge in [0.15, 0.2) is 5.16 Å². The molecule has 0 fully saturated rings. The van der Waals surface area contributed by atoms with Crippen LogP contribution in [-0.2, 0) is 11.3 Å². The molecule has 0 unspecified atom stereocenters. The molecule has 2 heterocycles. The maximum absolute atomic E-state index is 13.3. The van der Waals surface area contributed by atoms with E-state index in [0.717, 1.165) is 21.7 Å². The standard InChI is InChI=1S/C23H21N3O2S2/c1-15-9-10-20(16(2)12-15)26-22(28)18-7-3-4-8-19(18)25-23(26)30-14-21(27)24-13-17-6-5-11-29-17/h3-12H,13-14H2,1-2H3,(H,24,27). The molecule has 0 saturated heterocycles. The lowest BCUT2D eigenvalue weighted by Gasteiger charge is -2.15. The highest BCUT2D eigenvalue weighted by atomic mass is 32.2. The number of benzene rings is 2. The molecule has 0 spiro atoms. The van der Waals surface area contributed by atoms with Crippen molar-refractivity contribution < 1.29 is 4.79 Å². The van der Waals surface area contributed by atoms with Crippen LogP contribution in [0.3, 0.4) is 0 Å². The molecule has 0 aliphatic carbocycles. The number of para-hydroxylation sites is 1. The number of thioether (sulfide) groups is 1. The van der Waals surface area contributed by atoms with Gasteiger partial charge in [-0.05, 0) is 49.1 Å². The van der Waals surface area contributed by atoms with Crippen LogP contribution in [0.2, 0.25) is 0 Å². The van der Waals surface area contributed by atoms with Crippen molar-refractivity contribution >= 4 is 39.9 Å². The molecule has 30 heavy (non-hydrogen) atoms. The Kier molecular flexibility index (Phi) is 6.01. The quantitative estimate of drug-likeness (QED) is 0.358. The Morgan fingerprint density at radius 2 is 1.97 bits per heavy atom. The number of hydrogen-bond acceptors (Lipinski definition) is 5. The van der Waals surface area contributed by atoms with Crippen molar-refractivity contribution in [3.05, 3.63) is 86.3 Å². The van der Waals surface area contributed by atoms with Crippen LogP contribution < -0.4 is 10.9 Å². The molecule has 0 atom stereocenters. The first-order valence-corrected chi connectivity index (χ1v) is 11.4. The summed E-state index contributed by atoms with van der Waals surface area (Å²) < 4.78 is 1.62. The van der Waals surface area contributed by atoms with E-state index in [1.54, 1.807) is 22.0 Å². The van der Waals surface area contributed by atoms with E-state index in [0.29, 0.717) is 22.6 Å². The SMILES string of the molecule is Cc1ccc(-n2c(SCC(=O)NCc3cccs3)nc3ccccc3c2=O)c(C)c1. The number of aromatic nitrogens is 2. The Morgan fingerprint density at radius 3 is 2.73 bits per heavy atom. The topological polar surface area (TPSA) is 64.0 Å². The zero-order valence-electron chi connectivity index (χ0n) is 16.7. The Labute approximate surface area is 182 Å². The molecular weight excluding hydrogens is 414 g/mol. The van der Waals surface area contributed by atoms with Crippen LogP contribution in [0.15, 0.2) is 69.9 Å². The summed E-state index contributed by atoms with van der Waals surface area (Å²) in [5.74, 6) is 0.0872. The first-order valence-electron chi connectivity index (χ1n) is 9.54. The molecule has 152 valence electrons. The van der Waals surface area contributed by atoms with Crippen molar-refractivity contribution in [2.75, 3.05) is 5.75 Å². The van der Waals surface area contributed by atoms with Crippen molar-refractivity contribution in [1.29, 1.82) is 0 Å². The minimum Gasteiger partial charge on any atom is -0.350 e. The number of amides is 1. The maximum atomic E-state index is 13.3. The third-order valence-electron chi connectivity index (χ3n) is 4.71. The Bertz CT molecular complexity index is 1260. The Hall–Kier alpha value is -2.90. The molecule has 5 nitrogen and oxygen atoms in total. The van der Waals surface area contributed by atoms with Gasteiger partial charge in [0, 0.05) is 4.88 Å². The Morgan fingerprint density at radius 1 is 1.13 bits per heavy atom.